The Labute approximate surface area is 138 Å². The lowest BCUT2D eigenvalue weighted by atomic mass is 10.3. The Bertz CT molecular complexity index is 927. The Morgan fingerprint density at radius 3 is 2.61 bits per heavy atom. The molecule has 0 aliphatic rings. The number of fused-ring (bicyclic) bond motifs is 1. The highest BCUT2D eigenvalue weighted by Gasteiger charge is 2.11. The van der Waals surface area contributed by atoms with Crippen molar-refractivity contribution in [1.29, 1.82) is 0 Å². The summed E-state index contributed by atoms with van der Waals surface area (Å²) < 4.78 is 3.21. The Balaban J connectivity index is 1.75. The molecule has 23 heavy (non-hydrogen) atoms. The predicted molar refractivity (Wildman–Crippen MR) is 91.9 cm³/mol. The van der Waals surface area contributed by atoms with Crippen LogP contribution in [0.25, 0.3) is 11.0 Å². The van der Waals surface area contributed by atoms with Crippen LogP contribution in [-0.4, -0.2) is 15.0 Å². The number of aryl methyl sites for hydroxylation is 2. The molecular weight excluding hydrogens is 314 g/mol. The van der Waals surface area contributed by atoms with Gasteiger partial charge in [-0.25, -0.2) is 4.79 Å². The standard InChI is InChI=1S/C17H16ClN3O2/c1-20-14-7-2-3-8-15(14)21(17(20)23)10-9-16(22)19-13-6-4-5-12(18)11-13/h2-8,11H,9-10H2,1H3,(H,19,22). The van der Waals surface area contributed by atoms with Crippen LogP contribution < -0.4 is 11.0 Å². The first-order valence-corrected chi connectivity index (χ1v) is 7.64. The van der Waals surface area contributed by atoms with Gasteiger partial charge in [-0.3, -0.25) is 13.9 Å². The van der Waals surface area contributed by atoms with Gasteiger partial charge in [0.15, 0.2) is 0 Å². The molecule has 0 aliphatic heterocycles. The fraction of sp³-hybridized carbons (Fsp3) is 0.176. The average molecular weight is 330 g/mol. The smallest absolute Gasteiger partial charge is 0.326 e. The third kappa shape index (κ3) is 3.14. The van der Waals surface area contributed by atoms with E-state index in [0.717, 1.165) is 11.0 Å². The van der Waals surface area contributed by atoms with Crippen molar-refractivity contribution in [2.45, 2.75) is 13.0 Å². The Morgan fingerprint density at radius 1 is 1.13 bits per heavy atom. The van der Waals surface area contributed by atoms with Crippen LogP contribution in [0.5, 0.6) is 0 Å². The molecular formula is C17H16ClN3O2. The van der Waals surface area contributed by atoms with E-state index in [-0.39, 0.29) is 18.0 Å². The number of nitrogens with zero attached hydrogens (tertiary/aromatic N) is 2. The fourth-order valence-corrected chi connectivity index (χ4v) is 2.77. The molecule has 0 saturated heterocycles. The second-order valence-electron chi connectivity index (χ2n) is 5.29. The molecule has 3 aromatic rings. The number of hydrogen-bond acceptors (Lipinski definition) is 2. The van der Waals surface area contributed by atoms with Gasteiger partial charge in [0.2, 0.25) is 5.91 Å². The summed E-state index contributed by atoms with van der Waals surface area (Å²) in [7, 11) is 1.73. The van der Waals surface area contributed by atoms with Crippen LogP contribution in [0, 0.1) is 0 Å². The van der Waals surface area contributed by atoms with Crippen molar-refractivity contribution >= 4 is 34.2 Å². The summed E-state index contributed by atoms with van der Waals surface area (Å²) in [5.41, 5.74) is 2.21. The van der Waals surface area contributed by atoms with E-state index in [0.29, 0.717) is 17.3 Å². The first kappa shape index (κ1) is 15.4. The normalized spacial score (nSPS) is 10.9. The van der Waals surface area contributed by atoms with Crippen LogP contribution in [0.4, 0.5) is 5.69 Å². The van der Waals surface area contributed by atoms with Crippen molar-refractivity contribution in [2.24, 2.45) is 7.05 Å². The second kappa shape index (κ2) is 6.30. The molecule has 0 aliphatic carbocycles. The lowest BCUT2D eigenvalue weighted by Crippen LogP contribution is -2.24. The SMILES string of the molecule is Cn1c(=O)n(CCC(=O)Nc2cccc(Cl)c2)c2ccccc21. The molecule has 0 atom stereocenters. The lowest BCUT2D eigenvalue weighted by Gasteiger charge is -2.06. The maximum absolute atomic E-state index is 12.3. The van der Waals surface area contributed by atoms with Crippen molar-refractivity contribution in [1.82, 2.24) is 9.13 Å². The van der Waals surface area contributed by atoms with E-state index in [1.807, 2.05) is 24.3 Å². The zero-order valence-corrected chi connectivity index (χ0v) is 13.4. The maximum atomic E-state index is 12.3. The van der Waals surface area contributed by atoms with Crippen molar-refractivity contribution in [3.05, 3.63) is 64.0 Å². The van der Waals surface area contributed by atoms with Gasteiger partial charge in [-0.2, -0.15) is 0 Å². The molecule has 2 aromatic carbocycles. The Kier molecular flexibility index (Phi) is 4.21. The van der Waals surface area contributed by atoms with Gasteiger partial charge < -0.3 is 5.32 Å². The van der Waals surface area contributed by atoms with Crippen molar-refractivity contribution in [3.63, 3.8) is 0 Å². The number of imidazole rings is 1. The summed E-state index contributed by atoms with van der Waals surface area (Å²) >= 11 is 5.89. The number of benzene rings is 2. The third-order valence-electron chi connectivity index (χ3n) is 3.72. The Morgan fingerprint density at radius 2 is 1.87 bits per heavy atom. The summed E-state index contributed by atoms with van der Waals surface area (Å²) in [4.78, 5) is 24.4. The molecule has 0 radical (unpaired) electrons. The van der Waals surface area contributed by atoms with E-state index in [1.165, 1.54) is 0 Å². The number of nitrogens with one attached hydrogen (secondary N) is 1. The number of hydrogen-bond donors (Lipinski definition) is 1. The van der Waals surface area contributed by atoms with Gasteiger partial charge >= 0.3 is 5.69 Å². The number of carbonyl (C=O) groups is 1. The molecule has 3 rings (SSSR count). The average Bonchev–Trinajstić information content (AvgIpc) is 2.77. The zero-order valence-electron chi connectivity index (χ0n) is 12.6. The van der Waals surface area contributed by atoms with Gasteiger partial charge in [0.25, 0.3) is 0 Å². The van der Waals surface area contributed by atoms with Crippen LogP contribution in [0.2, 0.25) is 5.02 Å². The minimum absolute atomic E-state index is 0.123. The van der Waals surface area contributed by atoms with E-state index < -0.39 is 0 Å². The van der Waals surface area contributed by atoms with Crippen LogP contribution >= 0.6 is 11.6 Å². The van der Waals surface area contributed by atoms with Gasteiger partial charge in [-0.1, -0.05) is 29.8 Å². The number of aromatic nitrogens is 2. The first-order valence-electron chi connectivity index (χ1n) is 7.26. The molecule has 1 aromatic heterocycles. The number of halogens is 1. The third-order valence-corrected chi connectivity index (χ3v) is 3.96. The van der Waals surface area contributed by atoms with Gasteiger partial charge in [-0.05, 0) is 30.3 Å². The topological polar surface area (TPSA) is 56.0 Å². The fourth-order valence-electron chi connectivity index (χ4n) is 2.58. The largest absolute Gasteiger partial charge is 0.328 e. The zero-order chi connectivity index (χ0) is 16.4. The van der Waals surface area contributed by atoms with Crippen LogP contribution in [0.1, 0.15) is 6.42 Å². The van der Waals surface area contributed by atoms with E-state index in [2.05, 4.69) is 5.32 Å². The molecule has 0 bridgehead atoms. The molecule has 0 saturated carbocycles. The summed E-state index contributed by atoms with van der Waals surface area (Å²) in [6.07, 6.45) is 0.209. The molecule has 1 heterocycles. The molecule has 5 nitrogen and oxygen atoms in total. The van der Waals surface area contributed by atoms with Crippen LogP contribution in [-0.2, 0) is 18.4 Å². The minimum atomic E-state index is -0.160. The monoisotopic (exact) mass is 329 g/mol. The molecule has 0 spiro atoms. The summed E-state index contributed by atoms with van der Waals surface area (Å²) in [5, 5.41) is 3.34. The Hall–Kier alpha value is -2.53. The van der Waals surface area contributed by atoms with Gasteiger partial charge in [0, 0.05) is 30.7 Å². The van der Waals surface area contributed by atoms with Crippen molar-refractivity contribution in [2.75, 3.05) is 5.32 Å². The summed E-state index contributed by atoms with van der Waals surface area (Å²) in [6, 6.07) is 14.5. The van der Waals surface area contributed by atoms with Crippen LogP contribution in [0.3, 0.4) is 0 Å². The van der Waals surface area contributed by atoms with E-state index in [1.54, 1.807) is 40.4 Å². The number of anilines is 1. The second-order valence-corrected chi connectivity index (χ2v) is 5.73. The van der Waals surface area contributed by atoms with Crippen molar-refractivity contribution < 1.29 is 4.79 Å². The van der Waals surface area contributed by atoms with Crippen LogP contribution in [0.15, 0.2) is 53.3 Å². The number of para-hydroxylation sites is 2. The molecule has 6 heteroatoms. The van der Waals surface area contributed by atoms with E-state index in [9.17, 15) is 9.59 Å². The predicted octanol–water partition coefficient (Wildman–Crippen LogP) is 3.02. The highest BCUT2D eigenvalue weighted by molar-refractivity contribution is 6.30. The number of amides is 1. The van der Waals surface area contributed by atoms with E-state index in [4.69, 9.17) is 11.6 Å². The molecule has 118 valence electrons. The molecule has 1 amide bonds. The minimum Gasteiger partial charge on any atom is -0.326 e. The molecule has 0 unspecified atom stereocenters. The lowest BCUT2D eigenvalue weighted by molar-refractivity contribution is -0.116. The quantitative estimate of drug-likeness (QED) is 0.800. The van der Waals surface area contributed by atoms with Gasteiger partial charge in [-0.15, -0.1) is 0 Å². The number of rotatable bonds is 4. The molecule has 1 N–H and O–H groups in total. The highest BCUT2D eigenvalue weighted by Crippen LogP contribution is 2.15. The molecule has 0 fully saturated rings. The van der Waals surface area contributed by atoms with Gasteiger partial charge in [0.05, 0.1) is 11.0 Å². The number of carbonyl (C=O) groups excluding carboxylic acids is 1. The van der Waals surface area contributed by atoms with Gasteiger partial charge in [0.1, 0.15) is 0 Å². The summed E-state index contributed by atoms with van der Waals surface area (Å²) in [5.74, 6) is -0.160. The summed E-state index contributed by atoms with van der Waals surface area (Å²) in [6.45, 7) is 0.326. The highest BCUT2D eigenvalue weighted by atomic mass is 35.5. The first-order chi connectivity index (χ1) is 11.1. The maximum Gasteiger partial charge on any atom is 0.328 e. The van der Waals surface area contributed by atoms with Crippen molar-refractivity contribution in [3.8, 4) is 0 Å². The van der Waals surface area contributed by atoms with E-state index >= 15 is 0 Å².